The molecule has 19 heavy (non-hydrogen) atoms. The highest BCUT2D eigenvalue weighted by Gasteiger charge is 2.07. The van der Waals surface area contributed by atoms with Crippen molar-refractivity contribution in [3.8, 4) is 17.9 Å². The molecule has 0 saturated carbocycles. The van der Waals surface area contributed by atoms with Crippen LogP contribution in [0.3, 0.4) is 0 Å². The SMILES string of the molecule is N#Cc1cccc(COc2cccc(Cl)c2C#N)c1. The number of benzene rings is 2. The minimum absolute atomic E-state index is 0.282. The van der Waals surface area contributed by atoms with E-state index < -0.39 is 0 Å². The van der Waals surface area contributed by atoms with E-state index in [1.54, 1.807) is 36.4 Å². The summed E-state index contributed by atoms with van der Waals surface area (Å²) in [6.07, 6.45) is 0. The van der Waals surface area contributed by atoms with Crippen LogP contribution in [0.25, 0.3) is 0 Å². The lowest BCUT2D eigenvalue weighted by atomic mass is 10.1. The zero-order valence-corrected chi connectivity index (χ0v) is 10.7. The zero-order chi connectivity index (χ0) is 13.7. The summed E-state index contributed by atoms with van der Waals surface area (Å²) in [4.78, 5) is 0. The molecule has 0 fully saturated rings. The number of halogens is 1. The highest BCUT2D eigenvalue weighted by atomic mass is 35.5. The lowest BCUT2D eigenvalue weighted by Crippen LogP contribution is -1.98. The van der Waals surface area contributed by atoms with E-state index >= 15 is 0 Å². The van der Waals surface area contributed by atoms with Gasteiger partial charge in [-0.25, -0.2) is 0 Å². The minimum Gasteiger partial charge on any atom is -0.487 e. The molecule has 0 bridgehead atoms. The number of ether oxygens (including phenoxy) is 1. The van der Waals surface area contributed by atoms with E-state index in [1.807, 2.05) is 12.1 Å². The first-order valence-corrected chi connectivity index (χ1v) is 5.93. The monoisotopic (exact) mass is 268 g/mol. The standard InChI is InChI=1S/C15H9ClN2O/c16-14-5-2-6-15(13(14)9-18)19-10-12-4-1-3-11(7-12)8-17/h1-7H,10H2. The molecule has 92 valence electrons. The molecule has 2 aromatic carbocycles. The van der Waals surface area contributed by atoms with Crippen LogP contribution in [0.1, 0.15) is 16.7 Å². The van der Waals surface area contributed by atoms with Crippen LogP contribution in [0, 0.1) is 22.7 Å². The summed E-state index contributed by atoms with van der Waals surface area (Å²) in [6, 6.07) is 16.3. The molecule has 0 spiro atoms. The van der Waals surface area contributed by atoms with Crippen molar-refractivity contribution in [2.24, 2.45) is 0 Å². The molecule has 0 heterocycles. The number of rotatable bonds is 3. The molecular formula is C15H9ClN2O. The predicted octanol–water partition coefficient (Wildman–Crippen LogP) is 3.66. The van der Waals surface area contributed by atoms with Crippen molar-refractivity contribution in [2.75, 3.05) is 0 Å². The Morgan fingerprint density at radius 3 is 2.58 bits per heavy atom. The number of nitrogens with zero attached hydrogens (tertiary/aromatic N) is 2. The first-order chi connectivity index (χ1) is 9.24. The van der Waals surface area contributed by atoms with Crippen LogP contribution in [-0.2, 0) is 6.61 Å². The first kappa shape index (κ1) is 13.0. The van der Waals surface area contributed by atoms with Gasteiger partial charge in [0.2, 0.25) is 0 Å². The van der Waals surface area contributed by atoms with Crippen LogP contribution in [0.5, 0.6) is 5.75 Å². The summed E-state index contributed by atoms with van der Waals surface area (Å²) in [5.41, 5.74) is 1.76. The van der Waals surface area contributed by atoms with Gasteiger partial charge in [0.25, 0.3) is 0 Å². The maximum atomic E-state index is 9.02. The Morgan fingerprint density at radius 2 is 1.84 bits per heavy atom. The highest BCUT2D eigenvalue weighted by Crippen LogP contribution is 2.26. The lowest BCUT2D eigenvalue weighted by Gasteiger charge is -2.08. The predicted molar refractivity (Wildman–Crippen MR) is 71.7 cm³/mol. The van der Waals surface area contributed by atoms with Crippen LogP contribution in [0.2, 0.25) is 5.02 Å². The Balaban J connectivity index is 2.18. The number of hydrogen-bond acceptors (Lipinski definition) is 3. The van der Waals surface area contributed by atoms with Crippen molar-refractivity contribution in [1.29, 1.82) is 10.5 Å². The van der Waals surface area contributed by atoms with Crippen molar-refractivity contribution in [3.05, 3.63) is 64.2 Å². The quantitative estimate of drug-likeness (QED) is 0.853. The first-order valence-electron chi connectivity index (χ1n) is 5.55. The molecule has 4 heteroatoms. The largest absolute Gasteiger partial charge is 0.487 e. The molecule has 0 aliphatic heterocycles. The van der Waals surface area contributed by atoms with Crippen molar-refractivity contribution in [3.63, 3.8) is 0 Å². The normalized spacial score (nSPS) is 9.42. The third kappa shape index (κ3) is 3.04. The van der Waals surface area contributed by atoms with Crippen molar-refractivity contribution >= 4 is 11.6 Å². The summed E-state index contributed by atoms with van der Waals surface area (Å²) in [6.45, 7) is 0.282. The van der Waals surface area contributed by atoms with Gasteiger partial charge in [0.1, 0.15) is 24.0 Å². The number of nitriles is 2. The minimum atomic E-state index is 0.282. The second kappa shape index (κ2) is 5.91. The van der Waals surface area contributed by atoms with Gasteiger partial charge in [-0.3, -0.25) is 0 Å². The molecule has 0 amide bonds. The van der Waals surface area contributed by atoms with Gasteiger partial charge in [0.15, 0.2) is 0 Å². The molecule has 2 rings (SSSR count). The van der Waals surface area contributed by atoms with Gasteiger partial charge in [-0.15, -0.1) is 0 Å². The second-order valence-corrected chi connectivity index (χ2v) is 4.23. The van der Waals surface area contributed by atoms with Crippen molar-refractivity contribution < 1.29 is 4.74 Å². The highest BCUT2D eigenvalue weighted by molar-refractivity contribution is 6.31. The third-order valence-corrected chi connectivity index (χ3v) is 2.85. The summed E-state index contributed by atoms with van der Waals surface area (Å²) in [5, 5.41) is 18.2. The Kier molecular flexibility index (Phi) is 4.03. The average molecular weight is 269 g/mol. The average Bonchev–Trinajstić information content (AvgIpc) is 2.45. The van der Waals surface area contributed by atoms with Crippen LogP contribution in [0.15, 0.2) is 42.5 Å². The molecule has 0 N–H and O–H groups in total. The van der Waals surface area contributed by atoms with Crippen LogP contribution >= 0.6 is 11.6 Å². The third-order valence-electron chi connectivity index (χ3n) is 2.54. The fourth-order valence-electron chi connectivity index (χ4n) is 1.62. The van der Waals surface area contributed by atoms with Gasteiger partial charge < -0.3 is 4.74 Å². The molecular weight excluding hydrogens is 260 g/mol. The van der Waals surface area contributed by atoms with Gasteiger partial charge in [0.05, 0.1) is 16.7 Å². The van der Waals surface area contributed by atoms with Crippen LogP contribution in [-0.4, -0.2) is 0 Å². The van der Waals surface area contributed by atoms with Crippen LogP contribution < -0.4 is 4.74 Å². The summed E-state index contributed by atoms with van der Waals surface area (Å²) in [7, 11) is 0. The van der Waals surface area contributed by atoms with E-state index in [-0.39, 0.29) is 6.61 Å². The van der Waals surface area contributed by atoms with E-state index in [2.05, 4.69) is 6.07 Å². The fourth-order valence-corrected chi connectivity index (χ4v) is 1.83. The Morgan fingerprint density at radius 1 is 1.05 bits per heavy atom. The van der Waals surface area contributed by atoms with E-state index in [1.165, 1.54) is 0 Å². The number of hydrogen-bond donors (Lipinski definition) is 0. The summed E-state index contributed by atoms with van der Waals surface area (Å²) >= 11 is 5.91. The fraction of sp³-hybridized carbons (Fsp3) is 0.0667. The Hall–Kier alpha value is -2.49. The molecule has 0 atom stereocenters. The maximum Gasteiger partial charge on any atom is 0.139 e. The lowest BCUT2D eigenvalue weighted by molar-refractivity contribution is 0.305. The summed E-state index contributed by atoms with van der Waals surface area (Å²) < 4.78 is 5.58. The van der Waals surface area contributed by atoms with Gasteiger partial charge in [0, 0.05) is 0 Å². The van der Waals surface area contributed by atoms with Crippen molar-refractivity contribution in [1.82, 2.24) is 0 Å². The molecule has 0 radical (unpaired) electrons. The molecule has 0 unspecified atom stereocenters. The second-order valence-electron chi connectivity index (χ2n) is 3.83. The Bertz CT molecular complexity index is 683. The van der Waals surface area contributed by atoms with E-state index in [9.17, 15) is 0 Å². The van der Waals surface area contributed by atoms with E-state index in [4.69, 9.17) is 26.9 Å². The molecule has 2 aromatic rings. The zero-order valence-electron chi connectivity index (χ0n) is 9.93. The van der Waals surface area contributed by atoms with Gasteiger partial charge in [-0.2, -0.15) is 10.5 Å². The smallest absolute Gasteiger partial charge is 0.139 e. The Labute approximate surface area is 116 Å². The van der Waals surface area contributed by atoms with Crippen LogP contribution in [0.4, 0.5) is 0 Å². The maximum absolute atomic E-state index is 9.02. The topological polar surface area (TPSA) is 56.8 Å². The molecule has 0 aliphatic rings. The van der Waals surface area contributed by atoms with E-state index in [0.29, 0.717) is 21.9 Å². The van der Waals surface area contributed by atoms with Gasteiger partial charge in [-0.1, -0.05) is 29.8 Å². The van der Waals surface area contributed by atoms with E-state index in [0.717, 1.165) is 5.56 Å². The molecule has 0 aliphatic carbocycles. The molecule has 0 saturated heterocycles. The van der Waals surface area contributed by atoms with Gasteiger partial charge >= 0.3 is 0 Å². The van der Waals surface area contributed by atoms with Gasteiger partial charge in [-0.05, 0) is 29.8 Å². The summed E-state index contributed by atoms with van der Waals surface area (Å²) in [5.74, 6) is 0.442. The molecule has 0 aromatic heterocycles. The molecule has 3 nitrogen and oxygen atoms in total. The van der Waals surface area contributed by atoms with Crippen molar-refractivity contribution in [2.45, 2.75) is 6.61 Å².